The molecular weight excluding hydrogens is 240 g/mol. The molecule has 0 saturated heterocycles. The minimum Gasteiger partial charge on any atom is -0.299 e. The smallest absolute Gasteiger partial charge is 0.195 e. The Morgan fingerprint density at radius 3 is 2.75 bits per heavy atom. The lowest BCUT2D eigenvalue weighted by Gasteiger charge is -2.02. The van der Waals surface area contributed by atoms with Crippen molar-refractivity contribution in [2.24, 2.45) is 0 Å². The van der Waals surface area contributed by atoms with Crippen molar-refractivity contribution in [3.8, 4) is 10.7 Å². The van der Waals surface area contributed by atoms with E-state index in [9.17, 15) is 0 Å². The third kappa shape index (κ3) is 1.94. The molecule has 16 heavy (non-hydrogen) atoms. The fraction of sp³-hybridized carbons (Fsp3) is 0.500. The second-order valence-electron chi connectivity index (χ2n) is 3.65. The lowest BCUT2D eigenvalue weighted by atomic mass is 10.3. The number of aromatic nitrogens is 4. The van der Waals surface area contributed by atoms with Crippen LogP contribution in [0.2, 0.25) is 0 Å². The zero-order valence-electron chi connectivity index (χ0n) is 9.57. The van der Waals surface area contributed by atoms with Crippen molar-refractivity contribution in [1.82, 2.24) is 19.7 Å². The molecule has 0 saturated carbocycles. The molecule has 2 rings (SSSR count). The number of rotatable bonds is 3. The van der Waals surface area contributed by atoms with Crippen LogP contribution in [0.25, 0.3) is 10.7 Å². The van der Waals surface area contributed by atoms with E-state index in [-0.39, 0.29) is 0 Å². The number of thiazole rings is 1. The SMILES string of the molecule is CCCn1c(-c2sc(C)nc2C)n[nH]c1=S. The molecule has 2 aromatic heterocycles. The average molecular weight is 254 g/mol. The number of hydrogen-bond acceptors (Lipinski definition) is 4. The molecule has 4 nitrogen and oxygen atoms in total. The van der Waals surface area contributed by atoms with E-state index in [1.54, 1.807) is 11.3 Å². The Balaban J connectivity index is 2.55. The maximum Gasteiger partial charge on any atom is 0.195 e. The number of H-pyrrole nitrogens is 1. The Labute approximate surface area is 103 Å². The van der Waals surface area contributed by atoms with Crippen molar-refractivity contribution >= 4 is 23.6 Å². The lowest BCUT2D eigenvalue weighted by molar-refractivity contribution is 0.675. The van der Waals surface area contributed by atoms with E-state index in [2.05, 4.69) is 22.1 Å². The van der Waals surface area contributed by atoms with Crippen molar-refractivity contribution in [3.05, 3.63) is 15.5 Å². The molecule has 2 aromatic rings. The first-order valence-electron chi connectivity index (χ1n) is 5.23. The van der Waals surface area contributed by atoms with E-state index in [0.29, 0.717) is 4.77 Å². The Morgan fingerprint density at radius 1 is 1.44 bits per heavy atom. The Kier molecular flexibility index (Phi) is 3.20. The van der Waals surface area contributed by atoms with Crippen molar-refractivity contribution in [2.45, 2.75) is 33.7 Å². The van der Waals surface area contributed by atoms with Crippen molar-refractivity contribution in [1.29, 1.82) is 0 Å². The molecular formula is C10H14N4S2. The van der Waals surface area contributed by atoms with Gasteiger partial charge in [0.25, 0.3) is 0 Å². The minimum absolute atomic E-state index is 0.683. The number of hydrogen-bond donors (Lipinski definition) is 1. The molecule has 0 aromatic carbocycles. The summed E-state index contributed by atoms with van der Waals surface area (Å²) in [6.07, 6.45) is 1.04. The Hall–Kier alpha value is -1.01. The van der Waals surface area contributed by atoms with Gasteiger partial charge in [-0.3, -0.25) is 9.67 Å². The third-order valence-corrected chi connectivity index (χ3v) is 3.69. The molecule has 0 atom stereocenters. The standard InChI is InChI=1S/C10H14N4S2/c1-4-5-14-9(12-13-10(14)15)8-6(2)11-7(3)16-8/h4-5H2,1-3H3,(H,13,15). The van der Waals surface area contributed by atoms with Crippen molar-refractivity contribution in [3.63, 3.8) is 0 Å². The summed E-state index contributed by atoms with van der Waals surface area (Å²) in [5.74, 6) is 0.912. The van der Waals surface area contributed by atoms with Crippen LogP contribution in [0.3, 0.4) is 0 Å². The third-order valence-electron chi connectivity index (χ3n) is 2.31. The first kappa shape index (κ1) is 11.5. The second kappa shape index (κ2) is 4.47. The molecule has 0 aliphatic carbocycles. The maximum absolute atomic E-state index is 5.22. The molecule has 2 heterocycles. The van der Waals surface area contributed by atoms with Gasteiger partial charge in [-0.1, -0.05) is 6.92 Å². The van der Waals surface area contributed by atoms with Crippen LogP contribution in [-0.4, -0.2) is 19.7 Å². The van der Waals surface area contributed by atoms with E-state index in [1.165, 1.54) is 0 Å². The van der Waals surface area contributed by atoms with Crippen LogP contribution in [0, 0.1) is 18.6 Å². The van der Waals surface area contributed by atoms with Gasteiger partial charge in [-0.05, 0) is 32.5 Å². The van der Waals surface area contributed by atoms with Crippen LogP contribution < -0.4 is 0 Å². The van der Waals surface area contributed by atoms with Crippen LogP contribution in [-0.2, 0) is 6.54 Å². The molecule has 6 heteroatoms. The summed E-state index contributed by atoms with van der Waals surface area (Å²) in [6.45, 7) is 7.03. The van der Waals surface area contributed by atoms with E-state index in [1.807, 2.05) is 18.4 Å². The van der Waals surface area contributed by atoms with Crippen LogP contribution in [0.1, 0.15) is 24.0 Å². The molecule has 1 N–H and O–H groups in total. The normalized spacial score (nSPS) is 10.9. The number of nitrogens with zero attached hydrogens (tertiary/aromatic N) is 3. The summed E-state index contributed by atoms with van der Waals surface area (Å²) in [5.41, 5.74) is 1.02. The Morgan fingerprint density at radius 2 is 2.19 bits per heavy atom. The summed E-state index contributed by atoms with van der Waals surface area (Å²) in [7, 11) is 0. The summed E-state index contributed by atoms with van der Waals surface area (Å²) >= 11 is 6.88. The second-order valence-corrected chi connectivity index (χ2v) is 5.24. The van der Waals surface area contributed by atoms with Gasteiger partial charge in [-0.2, -0.15) is 5.10 Å². The van der Waals surface area contributed by atoms with Crippen LogP contribution in [0.4, 0.5) is 0 Å². The molecule has 0 spiro atoms. The fourth-order valence-electron chi connectivity index (χ4n) is 1.66. The first-order chi connectivity index (χ1) is 7.63. The van der Waals surface area contributed by atoms with Gasteiger partial charge in [0, 0.05) is 6.54 Å². The van der Waals surface area contributed by atoms with Crippen LogP contribution in [0.15, 0.2) is 0 Å². The van der Waals surface area contributed by atoms with Gasteiger partial charge in [0.15, 0.2) is 10.6 Å². The highest BCUT2D eigenvalue weighted by molar-refractivity contribution is 7.71. The van der Waals surface area contributed by atoms with Gasteiger partial charge in [0.2, 0.25) is 0 Å². The van der Waals surface area contributed by atoms with Gasteiger partial charge < -0.3 is 0 Å². The Bertz CT molecular complexity index is 549. The monoisotopic (exact) mass is 254 g/mol. The van der Waals surface area contributed by atoms with Gasteiger partial charge >= 0.3 is 0 Å². The van der Waals surface area contributed by atoms with E-state index < -0.39 is 0 Å². The topological polar surface area (TPSA) is 46.5 Å². The molecule has 0 aliphatic heterocycles. The molecule has 0 fully saturated rings. The van der Waals surface area contributed by atoms with Gasteiger partial charge in [0.05, 0.1) is 15.6 Å². The highest BCUT2D eigenvalue weighted by atomic mass is 32.1. The highest BCUT2D eigenvalue weighted by Crippen LogP contribution is 2.28. The van der Waals surface area contributed by atoms with Gasteiger partial charge in [0.1, 0.15) is 0 Å². The molecule has 0 bridgehead atoms. The number of nitrogens with one attached hydrogen (secondary N) is 1. The van der Waals surface area contributed by atoms with Crippen LogP contribution >= 0.6 is 23.6 Å². The summed E-state index contributed by atoms with van der Waals surface area (Å²) in [5, 5.41) is 8.21. The molecule has 0 amide bonds. The maximum atomic E-state index is 5.22. The molecule has 0 radical (unpaired) electrons. The van der Waals surface area contributed by atoms with Crippen LogP contribution in [0.5, 0.6) is 0 Å². The van der Waals surface area contributed by atoms with Crippen molar-refractivity contribution in [2.75, 3.05) is 0 Å². The zero-order chi connectivity index (χ0) is 11.7. The average Bonchev–Trinajstić information content (AvgIpc) is 2.73. The molecule has 0 unspecified atom stereocenters. The van der Waals surface area contributed by atoms with E-state index in [0.717, 1.165) is 34.4 Å². The predicted molar refractivity (Wildman–Crippen MR) is 68.3 cm³/mol. The van der Waals surface area contributed by atoms with E-state index in [4.69, 9.17) is 12.2 Å². The quantitative estimate of drug-likeness (QED) is 0.856. The largest absolute Gasteiger partial charge is 0.299 e. The van der Waals surface area contributed by atoms with E-state index >= 15 is 0 Å². The van der Waals surface area contributed by atoms with Crippen molar-refractivity contribution < 1.29 is 0 Å². The summed E-state index contributed by atoms with van der Waals surface area (Å²) in [4.78, 5) is 5.52. The number of aromatic amines is 1. The first-order valence-corrected chi connectivity index (χ1v) is 6.45. The summed E-state index contributed by atoms with van der Waals surface area (Å²) < 4.78 is 2.72. The van der Waals surface area contributed by atoms with Gasteiger partial charge in [-0.25, -0.2) is 4.98 Å². The summed E-state index contributed by atoms with van der Waals surface area (Å²) in [6, 6.07) is 0. The molecule has 0 aliphatic rings. The highest BCUT2D eigenvalue weighted by Gasteiger charge is 2.14. The predicted octanol–water partition coefficient (Wildman–Crippen LogP) is 3.09. The lowest BCUT2D eigenvalue weighted by Crippen LogP contribution is -1.99. The molecule has 86 valence electrons. The number of aryl methyl sites for hydroxylation is 2. The zero-order valence-corrected chi connectivity index (χ0v) is 11.2. The minimum atomic E-state index is 0.683. The fourth-order valence-corrected chi connectivity index (χ4v) is 2.80. The van der Waals surface area contributed by atoms with Gasteiger partial charge in [-0.15, -0.1) is 11.3 Å².